The molecule has 0 saturated heterocycles. The van der Waals surface area contributed by atoms with Crippen LogP contribution in [0, 0.1) is 0 Å². The standard InChI is InChI=1S/C29H24N4O2/c1-3-19(2)32-18-21(22-11-6-8-14-25(22)32)17-30-33-28(27-16-20-10-4-9-15-26(20)35-27)31-24-13-7-5-12-23(24)29(33)34/h4-19H,3H2,1-2H3/t19-/m0/s1. The van der Waals surface area contributed by atoms with Gasteiger partial charge >= 0.3 is 0 Å². The van der Waals surface area contributed by atoms with Crippen LogP contribution in [0.3, 0.4) is 0 Å². The van der Waals surface area contributed by atoms with Crippen molar-refractivity contribution >= 4 is 39.0 Å². The van der Waals surface area contributed by atoms with Crippen LogP contribution < -0.4 is 5.56 Å². The summed E-state index contributed by atoms with van der Waals surface area (Å²) < 4.78 is 9.68. The number of para-hydroxylation sites is 3. The maximum atomic E-state index is 13.5. The van der Waals surface area contributed by atoms with Gasteiger partial charge < -0.3 is 8.98 Å². The van der Waals surface area contributed by atoms with Crippen molar-refractivity contribution < 1.29 is 4.42 Å². The van der Waals surface area contributed by atoms with Gasteiger partial charge in [0.2, 0.25) is 5.82 Å². The molecule has 3 heterocycles. The molecule has 35 heavy (non-hydrogen) atoms. The third kappa shape index (κ3) is 3.54. The number of furan rings is 1. The summed E-state index contributed by atoms with van der Waals surface area (Å²) in [6.07, 6.45) is 4.85. The molecule has 0 amide bonds. The van der Waals surface area contributed by atoms with E-state index in [0.717, 1.165) is 33.9 Å². The van der Waals surface area contributed by atoms with E-state index in [1.165, 1.54) is 4.68 Å². The molecule has 6 nitrogen and oxygen atoms in total. The maximum Gasteiger partial charge on any atom is 0.282 e. The van der Waals surface area contributed by atoms with Crippen molar-refractivity contribution in [1.82, 2.24) is 14.2 Å². The smallest absolute Gasteiger partial charge is 0.282 e. The predicted octanol–water partition coefficient (Wildman–Crippen LogP) is 6.62. The van der Waals surface area contributed by atoms with Gasteiger partial charge in [0.25, 0.3) is 5.56 Å². The van der Waals surface area contributed by atoms with Crippen LogP contribution in [0.4, 0.5) is 0 Å². The van der Waals surface area contributed by atoms with E-state index in [9.17, 15) is 4.79 Å². The molecule has 0 unspecified atom stereocenters. The largest absolute Gasteiger partial charge is 0.453 e. The number of nitrogens with zero attached hydrogens (tertiary/aromatic N) is 4. The van der Waals surface area contributed by atoms with Gasteiger partial charge in [-0.15, -0.1) is 0 Å². The molecule has 0 N–H and O–H groups in total. The molecule has 6 heteroatoms. The van der Waals surface area contributed by atoms with Crippen LogP contribution in [0.1, 0.15) is 31.9 Å². The lowest BCUT2D eigenvalue weighted by Gasteiger charge is -2.12. The highest BCUT2D eigenvalue weighted by molar-refractivity contribution is 5.99. The van der Waals surface area contributed by atoms with Crippen LogP contribution in [0.25, 0.3) is 44.4 Å². The highest BCUT2D eigenvalue weighted by atomic mass is 16.3. The minimum Gasteiger partial charge on any atom is -0.453 e. The molecule has 3 aromatic carbocycles. The van der Waals surface area contributed by atoms with E-state index in [-0.39, 0.29) is 5.56 Å². The van der Waals surface area contributed by atoms with Crippen molar-refractivity contribution in [2.24, 2.45) is 5.10 Å². The normalized spacial score (nSPS) is 12.9. The number of hydrogen-bond acceptors (Lipinski definition) is 4. The second kappa shape index (κ2) is 8.40. The lowest BCUT2D eigenvalue weighted by atomic mass is 10.2. The Bertz CT molecular complexity index is 1750. The van der Waals surface area contributed by atoms with E-state index >= 15 is 0 Å². The molecule has 0 aliphatic rings. The summed E-state index contributed by atoms with van der Waals surface area (Å²) in [5.41, 5.74) is 3.18. The van der Waals surface area contributed by atoms with Gasteiger partial charge in [0.1, 0.15) is 5.58 Å². The van der Waals surface area contributed by atoms with Crippen molar-refractivity contribution in [3.05, 3.63) is 101 Å². The van der Waals surface area contributed by atoms with Gasteiger partial charge in [-0.1, -0.05) is 55.5 Å². The first-order valence-electron chi connectivity index (χ1n) is 11.8. The van der Waals surface area contributed by atoms with E-state index in [1.54, 1.807) is 12.3 Å². The molecular formula is C29H24N4O2. The summed E-state index contributed by atoms with van der Waals surface area (Å²) in [7, 11) is 0. The third-order valence-electron chi connectivity index (χ3n) is 6.55. The SMILES string of the molecule is CC[C@H](C)n1cc(C=Nn2c(-c3cc4ccccc4o3)nc3ccccc3c2=O)c2ccccc21. The Morgan fingerprint density at radius 3 is 2.57 bits per heavy atom. The van der Waals surface area contributed by atoms with Crippen LogP contribution >= 0.6 is 0 Å². The number of rotatable bonds is 5. The molecule has 0 bridgehead atoms. The van der Waals surface area contributed by atoms with E-state index in [4.69, 9.17) is 9.40 Å². The monoisotopic (exact) mass is 460 g/mol. The topological polar surface area (TPSA) is 65.3 Å². The van der Waals surface area contributed by atoms with Gasteiger partial charge in [0.15, 0.2) is 5.76 Å². The van der Waals surface area contributed by atoms with Crippen LogP contribution in [-0.2, 0) is 0 Å². The highest BCUT2D eigenvalue weighted by Crippen LogP contribution is 2.28. The Kier molecular flexibility index (Phi) is 5.07. The Balaban J connectivity index is 1.56. The van der Waals surface area contributed by atoms with Gasteiger partial charge in [-0.05, 0) is 43.7 Å². The molecule has 6 aromatic rings. The summed E-state index contributed by atoms with van der Waals surface area (Å²) >= 11 is 0. The summed E-state index contributed by atoms with van der Waals surface area (Å²) in [6, 6.07) is 25.5. The van der Waals surface area contributed by atoms with Crippen LogP contribution in [0.5, 0.6) is 0 Å². The molecule has 0 saturated carbocycles. The average molecular weight is 461 g/mol. The average Bonchev–Trinajstić information content (AvgIpc) is 3.49. The number of fused-ring (bicyclic) bond motifs is 3. The van der Waals surface area contributed by atoms with E-state index in [0.29, 0.717) is 28.5 Å². The Morgan fingerprint density at radius 1 is 1.00 bits per heavy atom. The molecular weight excluding hydrogens is 436 g/mol. The third-order valence-corrected chi connectivity index (χ3v) is 6.55. The Morgan fingerprint density at radius 2 is 1.74 bits per heavy atom. The molecule has 0 aliphatic carbocycles. The van der Waals surface area contributed by atoms with Crippen LogP contribution in [-0.4, -0.2) is 20.4 Å². The van der Waals surface area contributed by atoms with Gasteiger partial charge in [-0.3, -0.25) is 4.79 Å². The fraction of sp³-hybridized carbons (Fsp3) is 0.138. The Labute approximate surface area is 201 Å². The highest BCUT2D eigenvalue weighted by Gasteiger charge is 2.17. The minimum absolute atomic E-state index is 0.243. The number of hydrogen-bond donors (Lipinski definition) is 0. The molecule has 0 radical (unpaired) electrons. The van der Waals surface area contributed by atoms with E-state index < -0.39 is 0 Å². The number of benzene rings is 3. The maximum absolute atomic E-state index is 13.5. The van der Waals surface area contributed by atoms with Gasteiger partial charge in [0, 0.05) is 34.1 Å². The van der Waals surface area contributed by atoms with Crippen LogP contribution in [0.15, 0.2) is 99.4 Å². The molecule has 1 atom stereocenters. The van der Waals surface area contributed by atoms with Crippen molar-refractivity contribution in [3.8, 4) is 11.6 Å². The minimum atomic E-state index is -0.243. The molecule has 0 aliphatic heterocycles. The first kappa shape index (κ1) is 21.1. The number of aromatic nitrogens is 3. The van der Waals surface area contributed by atoms with E-state index in [2.05, 4.69) is 41.8 Å². The van der Waals surface area contributed by atoms with E-state index in [1.807, 2.05) is 60.7 Å². The molecule has 172 valence electrons. The summed E-state index contributed by atoms with van der Waals surface area (Å²) in [5, 5.41) is 7.20. The molecule has 0 fully saturated rings. The second-order valence-electron chi connectivity index (χ2n) is 8.73. The first-order chi connectivity index (χ1) is 17.1. The van der Waals surface area contributed by atoms with Gasteiger partial charge in [-0.25, -0.2) is 4.98 Å². The zero-order valence-electron chi connectivity index (χ0n) is 19.6. The lowest BCUT2D eigenvalue weighted by Crippen LogP contribution is -2.20. The fourth-order valence-corrected chi connectivity index (χ4v) is 4.50. The summed E-state index contributed by atoms with van der Waals surface area (Å²) in [6.45, 7) is 4.37. The lowest BCUT2D eigenvalue weighted by molar-refractivity contribution is 0.548. The van der Waals surface area contributed by atoms with Crippen molar-refractivity contribution in [2.75, 3.05) is 0 Å². The van der Waals surface area contributed by atoms with Crippen molar-refractivity contribution in [2.45, 2.75) is 26.3 Å². The van der Waals surface area contributed by atoms with Gasteiger partial charge in [-0.2, -0.15) is 9.78 Å². The molecule has 3 aromatic heterocycles. The fourth-order valence-electron chi connectivity index (χ4n) is 4.50. The predicted molar refractivity (Wildman–Crippen MR) is 141 cm³/mol. The zero-order chi connectivity index (χ0) is 23.9. The Hall–Kier alpha value is -4.45. The van der Waals surface area contributed by atoms with Gasteiger partial charge in [0.05, 0.1) is 17.1 Å². The quantitative estimate of drug-likeness (QED) is 0.272. The summed E-state index contributed by atoms with van der Waals surface area (Å²) in [4.78, 5) is 18.3. The van der Waals surface area contributed by atoms with Crippen molar-refractivity contribution in [3.63, 3.8) is 0 Å². The first-order valence-corrected chi connectivity index (χ1v) is 11.8. The van der Waals surface area contributed by atoms with Crippen molar-refractivity contribution in [1.29, 1.82) is 0 Å². The zero-order valence-corrected chi connectivity index (χ0v) is 19.6. The second-order valence-corrected chi connectivity index (χ2v) is 8.73. The summed E-state index contributed by atoms with van der Waals surface area (Å²) in [5.74, 6) is 0.861. The molecule has 0 spiro atoms. The molecule has 6 rings (SSSR count). The van der Waals surface area contributed by atoms with Crippen LogP contribution in [0.2, 0.25) is 0 Å².